The maximum absolute atomic E-state index is 5.27. The number of benzene rings is 3. The molecule has 34 heavy (non-hydrogen) atoms. The van der Waals surface area contributed by atoms with Gasteiger partial charge in [-0.05, 0) is 37.1 Å². The van der Waals surface area contributed by atoms with Crippen molar-refractivity contribution >= 4 is 15.9 Å². The molecule has 0 saturated carbocycles. The van der Waals surface area contributed by atoms with Gasteiger partial charge < -0.3 is 4.57 Å². The summed E-state index contributed by atoms with van der Waals surface area (Å²) >= 11 is 3.64. The lowest BCUT2D eigenvalue weighted by molar-refractivity contribution is 0.251. The highest BCUT2D eigenvalue weighted by atomic mass is 79.9. The molecule has 0 saturated heterocycles. The molecule has 0 radical (unpaired) electrons. The van der Waals surface area contributed by atoms with Crippen LogP contribution < -0.4 is 0 Å². The molecule has 176 valence electrons. The van der Waals surface area contributed by atoms with Crippen molar-refractivity contribution in [1.82, 2.24) is 14.5 Å². The molecule has 0 amide bonds. The Morgan fingerprint density at radius 2 is 1.50 bits per heavy atom. The minimum atomic E-state index is 0.869. The summed E-state index contributed by atoms with van der Waals surface area (Å²) in [7, 11) is 0. The molecule has 4 aromatic rings. The first kappa shape index (κ1) is 24.4. The zero-order valence-corrected chi connectivity index (χ0v) is 21.8. The maximum atomic E-state index is 5.27. The molecule has 0 spiro atoms. The van der Waals surface area contributed by atoms with Gasteiger partial charge in [0.25, 0.3) is 0 Å². The third-order valence-electron chi connectivity index (χ3n) is 6.10. The molecule has 4 heteroatoms. The fraction of sp³-hybridized carbons (Fsp3) is 0.300. The molecular weight excluding hydrogens is 482 g/mol. The monoisotopic (exact) mass is 515 g/mol. The average molecular weight is 517 g/mol. The predicted octanol–water partition coefficient (Wildman–Crippen LogP) is 8.19. The van der Waals surface area contributed by atoms with E-state index in [1.165, 1.54) is 22.4 Å². The van der Waals surface area contributed by atoms with E-state index in [0.29, 0.717) is 0 Å². The SMILES string of the molecule is CCCCn1c(-c2ccccc2)nc(-c2ccccc2)c1CN(CCC)Cc1cccc(Br)c1. The second kappa shape index (κ2) is 12.1. The van der Waals surface area contributed by atoms with E-state index in [0.717, 1.165) is 61.4 Å². The van der Waals surface area contributed by atoms with Crippen molar-refractivity contribution in [3.05, 3.63) is 101 Å². The van der Waals surface area contributed by atoms with Gasteiger partial charge in [-0.15, -0.1) is 0 Å². The van der Waals surface area contributed by atoms with Crippen LogP contribution in [0.15, 0.2) is 89.4 Å². The topological polar surface area (TPSA) is 21.1 Å². The standard InChI is InChI=1S/C30H34BrN3/c1-3-5-20-34-28(23-33(19-4-2)22-24-13-12-18-27(31)21-24)29(25-14-8-6-9-15-25)32-30(34)26-16-10-7-11-17-26/h6-18,21H,3-5,19-20,22-23H2,1-2H3. The highest BCUT2D eigenvalue weighted by molar-refractivity contribution is 9.10. The van der Waals surface area contributed by atoms with E-state index in [9.17, 15) is 0 Å². The minimum absolute atomic E-state index is 0.869. The van der Waals surface area contributed by atoms with Crippen LogP contribution >= 0.6 is 15.9 Å². The molecular formula is C30H34BrN3. The Balaban J connectivity index is 1.79. The Morgan fingerprint density at radius 1 is 0.794 bits per heavy atom. The molecule has 0 unspecified atom stereocenters. The fourth-order valence-corrected chi connectivity index (χ4v) is 4.92. The number of nitrogens with zero attached hydrogens (tertiary/aromatic N) is 3. The summed E-state index contributed by atoms with van der Waals surface area (Å²) in [4.78, 5) is 7.82. The summed E-state index contributed by atoms with van der Waals surface area (Å²) in [6, 6.07) is 29.9. The first-order valence-corrected chi connectivity index (χ1v) is 13.2. The van der Waals surface area contributed by atoms with Crippen molar-refractivity contribution in [2.75, 3.05) is 6.54 Å². The lowest BCUT2D eigenvalue weighted by Crippen LogP contribution is -2.25. The van der Waals surface area contributed by atoms with E-state index in [4.69, 9.17) is 4.98 Å². The number of rotatable bonds is 11. The zero-order chi connectivity index (χ0) is 23.8. The largest absolute Gasteiger partial charge is 0.326 e. The van der Waals surface area contributed by atoms with Crippen LogP contribution in [0.2, 0.25) is 0 Å². The molecule has 0 N–H and O–H groups in total. The number of halogens is 1. The first-order valence-electron chi connectivity index (χ1n) is 12.4. The predicted molar refractivity (Wildman–Crippen MR) is 147 cm³/mol. The molecule has 0 aliphatic heterocycles. The Labute approximate surface area is 212 Å². The lowest BCUT2D eigenvalue weighted by atomic mass is 10.1. The van der Waals surface area contributed by atoms with Crippen molar-refractivity contribution in [3.8, 4) is 22.6 Å². The molecule has 1 aromatic heterocycles. The zero-order valence-electron chi connectivity index (χ0n) is 20.3. The van der Waals surface area contributed by atoms with Gasteiger partial charge in [-0.2, -0.15) is 0 Å². The molecule has 1 heterocycles. The normalized spacial score (nSPS) is 11.3. The van der Waals surface area contributed by atoms with E-state index in [2.05, 4.69) is 124 Å². The molecule has 0 bridgehead atoms. The van der Waals surface area contributed by atoms with Crippen molar-refractivity contribution in [2.45, 2.75) is 52.7 Å². The Hall–Kier alpha value is -2.69. The van der Waals surface area contributed by atoms with Gasteiger partial charge in [0.15, 0.2) is 0 Å². The summed E-state index contributed by atoms with van der Waals surface area (Å²) in [5, 5.41) is 0. The van der Waals surface area contributed by atoms with Crippen molar-refractivity contribution in [2.24, 2.45) is 0 Å². The summed E-state index contributed by atoms with van der Waals surface area (Å²) in [6.07, 6.45) is 3.41. The van der Waals surface area contributed by atoms with E-state index in [1.54, 1.807) is 0 Å². The van der Waals surface area contributed by atoms with Gasteiger partial charge in [0.2, 0.25) is 0 Å². The van der Waals surface area contributed by atoms with Gasteiger partial charge in [0.05, 0.1) is 11.4 Å². The van der Waals surface area contributed by atoms with Gasteiger partial charge in [-0.25, -0.2) is 4.98 Å². The van der Waals surface area contributed by atoms with Crippen LogP contribution in [0, 0.1) is 0 Å². The van der Waals surface area contributed by atoms with Crippen LogP contribution in [0.5, 0.6) is 0 Å². The highest BCUT2D eigenvalue weighted by Crippen LogP contribution is 2.31. The third kappa shape index (κ3) is 6.05. The van der Waals surface area contributed by atoms with Crippen LogP contribution in [-0.4, -0.2) is 21.0 Å². The fourth-order valence-electron chi connectivity index (χ4n) is 4.47. The Kier molecular flexibility index (Phi) is 8.73. The lowest BCUT2D eigenvalue weighted by Gasteiger charge is -2.24. The quantitative estimate of drug-likeness (QED) is 0.200. The van der Waals surface area contributed by atoms with Crippen molar-refractivity contribution in [3.63, 3.8) is 0 Å². The summed E-state index contributed by atoms with van der Waals surface area (Å²) in [6.45, 7) is 8.33. The van der Waals surface area contributed by atoms with E-state index < -0.39 is 0 Å². The van der Waals surface area contributed by atoms with Crippen LogP contribution in [0.4, 0.5) is 0 Å². The van der Waals surface area contributed by atoms with Gasteiger partial charge in [-0.1, -0.05) is 109 Å². The van der Waals surface area contributed by atoms with E-state index >= 15 is 0 Å². The van der Waals surface area contributed by atoms with Crippen LogP contribution in [0.25, 0.3) is 22.6 Å². The average Bonchev–Trinajstić information content (AvgIpc) is 3.22. The second-order valence-electron chi connectivity index (χ2n) is 8.81. The Bertz CT molecular complexity index is 1170. The van der Waals surface area contributed by atoms with Gasteiger partial charge in [0, 0.05) is 35.2 Å². The minimum Gasteiger partial charge on any atom is -0.326 e. The summed E-state index contributed by atoms with van der Waals surface area (Å²) in [5.41, 5.74) is 6.10. The van der Waals surface area contributed by atoms with Gasteiger partial charge in [-0.3, -0.25) is 4.90 Å². The van der Waals surface area contributed by atoms with Crippen molar-refractivity contribution < 1.29 is 0 Å². The van der Waals surface area contributed by atoms with Crippen LogP contribution in [-0.2, 0) is 19.6 Å². The van der Waals surface area contributed by atoms with Crippen LogP contribution in [0.1, 0.15) is 44.4 Å². The van der Waals surface area contributed by atoms with Gasteiger partial charge in [0.1, 0.15) is 5.82 Å². The maximum Gasteiger partial charge on any atom is 0.140 e. The molecule has 0 aliphatic carbocycles. The molecule has 4 rings (SSSR count). The highest BCUT2D eigenvalue weighted by Gasteiger charge is 2.21. The van der Waals surface area contributed by atoms with Gasteiger partial charge >= 0.3 is 0 Å². The molecule has 0 fully saturated rings. The Morgan fingerprint density at radius 3 is 2.15 bits per heavy atom. The van der Waals surface area contributed by atoms with Crippen molar-refractivity contribution in [1.29, 1.82) is 0 Å². The number of unbranched alkanes of at least 4 members (excludes halogenated alkanes) is 1. The smallest absolute Gasteiger partial charge is 0.140 e. The van der Waals surface area contributed by atoms with E-state index in [1.807, 2.05) is 0 Å². The first-order chi connectivity index (χ1) is 16.7. The number of hydrogen-bond donors (Lipinski definition) is 0. The van der Waals surface area contributed by atoms with E-state index in [-0.39, 0.29) is 0 Å². The molecule has 0 atom stereocenters. The van der Waals surface area contributed by atoms with Crippen LogP contribution in [0.3, 0.4) is 0 Å². The third-order valence-corrected chi connectivity index (χ3v) is 6.59. The molecule has 0 aliphatic rings. The number of imidazole rings is 1. The number of hydrogen-bond acceptors (Lipinski definition) is 2. The summed E-state index contributed by atoms with van der Waals surface area (Å²) < 4.78 is 3.61. The molecule has 3 nitrogen and oxygen atoms in total. The number of aromatic nitrogens is 2. The second-order valence-corrected chi connectivity index (χ2v) is 9.72. The molecule has 3 aromatic carbocycles. The summed E-state index contributed by atoms with van der Waals surface area (Å²) in [5.74, 6) is 1.07.